The van der Waals surface area contributed by atoms with Gasteiger partial charge in [0.1, 0.15) is 12.4 Å². The summed E-state index contributed by atoms with van der Waals surface area (Å²) in [5, 5.41) is 2.69. The number of benzene rings is 2. The van der Waals surface area contributed by atoms with E-state index in [4.69, 9.17) is 9.47 Å². The number of ether oxygens (including phenoxy) is 2. The number of hydrogen-bond acceptors (Lipinski definition) is 5. The highest BCUT2D eigenvalue weighted by molar-refractivity contribution is 5.93. The highest BCUT2D eigenvalue weighted by atomic mass is 19.1. The van der Waals surface area contributed by atoms with E-state index >= 15 is 0 Å². The highest BCUT2D eigenvalue weighted by Crippen LogP contribution is 2.28. The van der Waals surface area contributed by atoms with Crippen LogP contribution >= 0.6 is 0 Å². The van der Waals surface area contributed by atoms with Crippen molar-refractivity contribution in [3.05, 3.63) is 72.6 Å². The molecule has 0 bridgehead atoms. The minimum Gasteiger partial charge on any atom is -0.493 e. The molecule has 0 aliphatic carbocycles. The second-order valence-electron chi connectivity index (χ2n) is 7.50. The Hall–Kier alpha value is -3.65. The van der Waals surface area contributed by atoms with E-state index in [2.05, 4.69) is 11.9 Å². The maximum absolute atomic E-state index is 13.2. The smallest absolute Gasteiger partial charge is 0.246 e. The average molecular weight is 454 g/mol. The molecule has 0 unspecified atom stereocenters. The summed E-state index contributed by atoms with van der Waals surface area (Å²) in [7, 11) is 1.56. The second kappa shape index (κ2) is 11.8. The fourth-order valence-corrected chi connectivity index (χ4v) is 3.42. The summed E-state index contributed by atoms with van der Waals surface area (Å²) in [4.78, 5) is 28.5. The second-order valence-corrected chi connectivity index (χ2v) is 7.50. The third kappa shape index (κ3) is 7.18. The molecule has 1 aliphatic rings. The van der Waals surface area contributed by atoms with Gasteiger partial charge >= 0.3 is 0 Å². The van der Waals surface area contributed by atoms with Crippen molar-refractivity contribution in [2.75, 3.05) is 51.8 Å². The molecule has 0 atom stereocenters. The molecule has 1 N–H and O–H groups in total. The molecule has 1 heterocycles. The molecule has 7 nitrogen and oxygen atoms in total. The molecule has 1 saturated heterocycles. The van der Waals surface area contributed by atoms with Crippen molar-refractivity contribution in [2.24, 2.45) is 0 Å². The van der Waals surface area contributed by atoms with Crippen molar-refractivity contribution in [1.29, 1.82) is 0 Å². The first-order chi connectivity index (χ1) is 16.0. The number of halogens is 1. The zero-order valence-electron chi connectivity index (χ0n) is 18.6. The van der Waals surface area contributed by atoms with Crippen molar-refractivity contribution in [3.8, 4) is 11.5 Å². The first kappa shape index (κ1) is 24.0. The third-order valence-electron chi connectivity index (χ3n) is 5.12. The zero-order valence-corrected chi connectivity index (χ0v) is 18.6. The van der Waals surface area contributed by atoms with Gasteiger partial charge in [0.15, 0.2) is 11.5 Å². The number of rotatable bonds is 9. The molecule has 2 amide bonds. The molecule has 174 valence electrons. The van der Waals surface area contributed by atoms with E-state index < -0.39 is 5.82 Å². The van der Waals surface area contributed by atoms with Crippen LogP contribution in [0.15, 0.2) is 61.2 Å². The molecule has 0 spiro atoms. The Morgan fingerprint density at radius 1 is 1.12 bits per heavy atom. The number of carbonyl (C=O) groups excluding carboxylic acids is 2. The molecular formula is C25H28FN3O4. The van der Waals surface area contributed by atoms with Gasteiger partial charge in [-0.15, -0.1) is 0 Å². The van der Waals surface area contributed by atoms with Gasteiger partial charge in [-0.25, -0.2) is 4.39 Å². The molecule has 0 radical (unpaired) electrons. The number of nitrogens with one attached hydrogen (secondary N) is 1. The van der Waals surface area contributed by atoms with Crippen LogP contribution in [0.2, 0.25) is 0 Å². The Balaban J connectivity index is 1.47. The zero-order chi connectivity index (χ0) is 23.6. The molecule has 2 aromatic carbocycles. The lowest BCUT2D eigenvalue weighted by Crippen LogP contribution is -2.50. The fraction of sp³-hybridized carbons (Fsp3) is 0.280. The van der Waals surface area contributed by atoms with Crippen LogP contribution in [0.1, 0.15) is 5.56 Å². The van der Waals surface area contributed by atoms with Crippen LogP contribution in [0.3, 0.4) is 0 Å². The first-order valence-electron chi connectivity index (χ1n) is 10.6. The van der Waals surface area contributed by atoms with Crippen LogP contribution in [0.4, 0.5) is 10.1 Å². The predicted octanol–water partition coefficient (Wildman–Crippen LogP) is 3.20. The minimum absolute atomic E-state index is 0.0928. The quantitative estimate of drug-likeness (QED) is 0.467. The van der Waals surface area contributed by atoms with E-state index in [0.717, 1.165) is 5.56 Å². The minimum atomic E-state index is -0.400. The standard InChI is InChI=1S/C25H28FN3O4/c1-3-15-33-22-9-7-19(16-23(22)32-2)8-10-25(31)29-13-11-28(12-14-29)18-24(30)27-21-6-4-5-20(26)17-21/h3-10,16-17H,1,11-15,18H2,2H3,(H,27,30)/b10-8+. The predicted molar refractivity (Wildman–Crippen MR) is 126 cm³/mol. The van der Waals surface area contributed by atoms with Gasteiger partial charge in [-0.1, -0.05) is 24.8 Å². The van der Waals surface area contributed by atoms with E-state index in [1.807, 2.05) is 11.0 Å². The normalized spacial score (nSPS) is 14.2. The Bertz CT molecular complexity index is 1020. The van der Waals surface area contributed by atoms with Crippen LogP contribution in [-0.2, 0) is 9.59 Å². The van der Waals surface area contributed by atoms with Crippen molar-refractivity contribution < 1.29 is 23.5 Å². The van der Waals surface area contributed by atoms with Gasteiger partial charge < -0.3 is 19.7 Å². The molecular weight excluding hydrogens is 425 g/mol. The van der Waals surface area contributed by atoms with Crippen molar-refractivity contribution >= 4 is 23.6 Å². The monoisotopic (exact) mass is 453 g/mol. The van der Waals surface area contributed by atoms with E-state index in [1.54, 1.807) is 48.4 Å². The topological polar surface area (TPSA) is 71.1 Å². The maximum Gasteiger partial charge on any atom is 0.246 e. The number of piperazine rings is 1. The molecule has 3 rings (SSSR count). The molecule has 1 fully saturated rings. The lowest BCUT2D eigenvalue weighted by atomic mass is 10.2. The average Bonchev–Trinajstić information content (AvgIpc) is 2.81. The highest BCUT2D eigenvalue weighted by Gasteiger charge is 2.21. The Morgan fingerprint density at radius 2 is 1.91 bits per heavy atom. The fourth-order valence-electron chi connectivity index (χ4n) is 3.42. The summed E-state index contributed by atoms with van der Waals surface area (Å²) in [6.07, 6.45) is 4.93. The summed E-state index contributed by atoms with van der Waals surface area (Å²) in [6, 6.07) is 11.2. The van der Waals surface area contributed by atoms with E-state index in [9.17, 15) is 14.0 Å². The number of amides is 2. The SMILES string of the molecule is C=CCOc1ccc(/C=C/C(=O)N2CCN(CC(=O)Nc3cccc(F)c3)CC2)cc1OC. The summed E-state index contributed by atoms with van der Waals surface area (Å²) in [5.74, 6) is 0.484. The van der Waals surface area contributed by atoms with Crippen LogP contribution in [0.5, 0.6) is 11.5 Å². The third-order valence-corrected chi connectivity index (χ3v) is 5.12. The summed E-state index contributed by atoms with van der Waals surface area (Å²) in [5.41, 5.74) is 1.25. The molecule has 0 saturated carbocycles. The molecule has 0 aromatic heterocycles. The Morgan fingerprint density at radius 3 is 2.61 bits per heavy atom. The van der Waals surface area contributed by atoms with Crippen LogP contribution in [-0.4, -0.2) is 68.1 Å². The lowest BCUT2D eigenvalue weighted by Gasteiger charge is -2.33. The molecule has 1 aliphatic heterocycles. The van der Waals surface area contributed by atoms with Crippen LogP contribution in [0.25, 0.3) is 6.08 Å². The van der Waals surface area contributed by atoms with Crippen molar-refractivity contribution in [3.63, 3.8) is 0 Å². The first-order valence-corrected chi connectivity index (χ1v) is 10.6. The number of anilines is 1. The number of nitrogens with zero attached hydrogens (tertiary/aromatic N) is 2. The largest absolute Gasteiger partial charge is 0.493 e. The number of methoxy groups -OCH3 is 1. The lowest BCUT2D eigenvalue weighted by molar-refractivity contribution is -0.127. The Kier molecular flexibility index (Phi) is 8.60. The van der Waals surface area contributed by atoms with E-state index in [0.29, 0.717) is 50.0 Å². The van der Waals surface area contributed by atoms with Gasteiger partial charge in [-0.05, 0) is 42.0 Å². The van der Waals surface area contributed by atoms with E-state index in [-0.39, 0.29) is 18.4 Å². The molecule has 2 aromatic rings. The van der Waals surface area contributed by atoms with Crippen molar-refractivity contribution in [1.82, 2.24) is 9.80 Å². The van der Waals surface area contributed by atoms with Gasteiger partial charge in [0.25, 0.3) is 0 Å². The molecule has 8 heteroatoms. The van der Waals surface area contributed by atoms with Crippen LogP contribution < -0.4 is 14.8 Å². The van der Waals surface area contributed by atoms with Crippen molar-refractivity contribution in [2.45, 2.75) is 0 Å². The van der Waals surface area contributed by atoms with Gasteiger partial charge in [0.2, 0.25) is 11.8 Å². The Labute approximate surface area is 193 Å². The summed E-state index contributed by atoms with van der Waals surface area (Å²) in [6.45, 7) is 6.40. The van der Waals surface area contributed by atoms with Gasteiger partial charge in [0, 0.05) is 37.9 Å². The number of hydrogen-bond donors (Lipinski definition) is 1. The van der Waals surface area contributed by atoms with Gasteiger partial charge in [0.05, 0.1) is 13.7 Å². The summed E-state index contributed by atoms with van der Waals surface area (Å²) >= 11 is 0. The van der Waals surface area contributed by atoms with Gasteiger partial charge in [-0.3, -0.25) is 14.5 Å². The van der Waals surface area contributed by atoms with E-state index in [1.165, 1.54) is 18.2 Å². The van der Waals surface area contributed by atoms with Gasteiger partial charge in [-0.2, -0.15) is 0 Å². The molecule has 33 heavy (non-hydrogen) atoms. The van der Waals surface area contributed by atoms with Crippen LogP contribution in [0, 0.1) is 5.82 Å². The summed E-state index contributed by atoms with van der Waals surface area (Å²) < 4.78 is 24.1. The maximum atomic E-state index is 13.2. The number of carbonyl (C=O) groups is 2.